The average Bonchev–Trinajstić information content (AvgIpc) is 2.97. The number of hydrogen-bond donors (Lipinski definition) is 2. The number of carbonyl (C=O) groups is 1. The predicted molar refractivity (Wildman–Crippen MR) is 88.8 cm³/mol. The van der Waals surface area contributed by atoms with Crippen molar-refractivity contribution in [3.05, 3.63) is 48.2 Å². The molecule has 2 amide bonds. The van der Waals surface area contributed by atoms with Gasteiger partial charge >= 0.3 is 6.03 Å². The van der Waals surface area contributed by atoms with Gasteiger partial charge in [0.05, 0.1) is 19.4 Å². The summed E-state index contributed by atoms with van der Waals surface area (Å²) in [6, 6.07) is 11.3. The van der Waals surface area contributed by atoms with E-state index in [4.69, 9.17) is 4.74 Å². The number of amides is 2. The van der Waals surface area contributed by atoms with Gasteiger partial charge in [0.25, 0.3) is 0 Å². The van der Waals surface area contributed by atoms with E-state index in [9.17, 15) is 9.90 Å². The maximum atomic E-state index is 12.4. The Morgan fingerprint density at radius 1 is 1.33 bits per heavy atom. The van der Waals surface area contributed by atoms with E-state index in [1.165, 1.54) is 13.3 Å². The number of nitrogens with zero attached hydrogens (tertiary/aromatic N) is 3. The molecule has 3 rings (SSSR count). The van der Waals surface area contributed by atoms with Crippen LogP contribution in [0.25, 0.3) is 0 Å². The van der Waals surface area contributed by atoms with Crippen LogP contribution in [0, 0.1) is 5.92 Å². The highest BCUT2D eigenvalue weighted by Crippen LogP contribution is 2.24. The van der Waals surface area contributed by atoms with Crippen LogP contribution in [-0.4, -0.2) is 52.5 Å². The van der Waals surface area contributed by atoms with Crippen molar-refractivity contribution in [1.29, 1.82) is 0 Å². The predicted octanol–water partition coefficient (Wildman–Crippen LogP) is 1.55. The van der Waals surface area contributed by atoms with Crippen LogP contribution in [0.5, 0.6) is 5.75 Å². The summed E-state index contributed by atoms with van der Waals surface area (Å²) in [6.45, 7) is 0.788. The fourth-order valence-electron chi connectivity index (χ4n) is 2.89. The summed E-state index contributed by atoms with van der Waals surface area (Å²) in [7, 11) is 1.50. The summed E-state index contributed by atoms with van der Waals surface area (Å²) in [6.07, 6.45) is 1.68. The average molecular weight is 328 g/mol. The molecule has 0 spiro atoms. The molecule has 7 heteroatoms. The van der Waals surface area contributed by atoms with E-state index in [-0.39, 0.29) is 17.8 Å². The zero-order valence-electron chi connectivity index (χ0n) is 13.4. The van der Waals surface area contributed by atoms with Crippen molar-refractivity contribution in [3.8, 4) is 5.75 Å². The number of aliphatic hydroxyl groups excluding tert-OH is 1. The van der Waals surface area contributed by atoms with Crippen molar-refractivity contribution in [3.63, 3.8) is 0 Å². The maximum absolute atomic E-state index is 12.4. The van der Waals surface area contributed by atoms with Crippen molar-refractivity contribution < 1.29 is 14.6 Å². The highest BCUT2D eigenvalue weighted by atomic mass is 16.5. The largest absolute Gasteiger partial charge is 0.493 e. The molecule has 2 aromatic rings. The van der Waals surface area contributed by atoms with Gasteiger partial charge in [0.1, 0.15) is 0 Å². The number of aliphatic hydroxyl groups is 1. The van der Waals surface area contributed by atoms with Gasteiger partial charge in [0, 0.05) is 25.1 Å². The van der Waals surface area contributed by atoms with E-state index in [0.29, 0.717) is 18.8 Å². The number of anilines is 1. The number of benzene rings is 1. The Morgan fingerprint density at radius 2 is 2.12 bits per heavy atom. The molecule has 126 valence electrons. The molecule has 2 atom stereocenters. The highest BCUT2D eigenvalue weighted by molar-refractivity contribution is 5.89. The summed E-state index contributed by atoms with van der Waals surface area (Å²) in [5, 5.41) is 20.6. The first-order chi connectivity index (χ1) is 11.7. The molecular weight excluding hydrogens is 308 g/mol. The van der Waals surface area contributed by atoms with Crippen LogP contribution in [0.15, 0.2) is 42.6 Å². The zero-order valence-corrected chi connectivity index (χ0v) is 13.4. The van der Waals surface area contributed by atoms with Gasteiger partial charge in [-0.15, -0.1) is 5.10 Å². The lowest BCUT2D eigenvalue weighted by molar-refractivity contribution is 0.143. The van der Waals surface area contributed by atoms with Gasteiger partial charge in [0.15, 0.2) is 11.6 Å². The van der Waals surface area contributed by atoms with Gasteiger partial charge < -0.3 is 14.7 Å². The second kappa shape index (κ2) is 7.27. The fourth-order valence-corrected chi connectivity index (χ4v) is 2.89. The molecule has 1 aliphatic rings. The SMILES string of the molecule is COc1ccnnc1NC(=O)N1C[C@@H](Cc2ccccc2)[C@H](O)C1. The number of aromatic nitrogens is 2. The molecule has 24 heavy (non-hydrogen) atoms. The van der Waals surface area contributed by atoms with E-state index in [1.807, 2.05) is 30.3 Å². The van der Waals surface area contributed by atoms with E-state index in [2.05, 4.69) is 15.5 Å². The van der Waals surface area contributed by atoms with Gasteiger partial charge in [-0.05, 0) is 12.0 Å². The lowest BCUT2D eigenvalue weighted by Gasteiger charge is -2.17. The Balaban J connectivity index is 1.62. The first kappa shape index (κ1) is 16.2. The van der Waals surface area contributed by atoms with Crippen LogP contribution in [0.1, 0.15) is 5.56 Å². The lowest BCUT2D eigenvalue weighted by Crippen LogP contribution is -2.34. The van der Waals surface area contributed by atoms with Crippen molar-refractivity contribution in [2.24, 2.45) is 5.92 Å². The first-order valence-electron chi connectivity index (χ1n) is 7.81. The van der Waals surface area contributed by atoms with Gasteiger partial charge in [0.2, 0.25) is 0 Å². The number of rotatable bonds is 4. The van der Waals surface area contributed by atoms with E-state index in [0.717, 1.165) is 12.0 Å². The Morgan fingerprint density at radius 3 is 2.88 bits per heavy atom. The molecular formula is C17H20N4O3. The molecule has 0 radical (unpaired) electrons. The third kappa shape index (κ3) is 3.62. The van der Waals surface area contributed by atoms with Gasteiger partial charge in [-0.1, -0.05) is 30.3 Å². The van der Waals surface area contributed by atoms with E-state index < -0.39 is 6.10 Å². The van der Waals surface area contributed by atoms with Gasteiger partial charge in [-0.3, -0.25) is 5.32 Å². The summed E-state index contributed by atoms with van der Waals surface area (Å²) >= 11 is 0. The van der Waals surface area contributed by atoms with Crippen LogP contribution in [0.3, 0.4) is 0 Å². The summed E-state index contributed by atoms with van der Waals surface area (Å²) in [5.41, 5.74) is 1.15. The number of carbonyl (C=O) groups excluding carboxylic acids is 1. The highest BCUT2D eigenvalue weighted by Gasteiger charge is 2.34. The van der Waals surface area contributed by atoms with E-state index in [1.54, 1.807) is 11.0 Å². The number of β-amino-alcohol motifs (C(OH)–C–C–N with tert-alkyl or cyclic N) is 1. The molecule has 1 saturated heterocycles. The van der Waals surface area contributed by atoms with Gasteiger partial charge in [-0.25, -0.2) is 4.79 Å². The fraction of sp³-hybridized carbons (Fsp3) is 0.353. The van der Waals surface area contributed by atoms with Gasteiger partial charge in [-0.2, -0.15) is 5.10 Å². The maximum Gasteiger partial charge on any atom is 0.323 e. The second-order valence-corrected chi connectivity index (χ2v) is 5.80. The molecule has 0 saturated carbocycles. The van der Waals surface area contributed by atoms with Crippen LogP contribution in [-0.2, 0) is 6.42 Å². The molecule has 0 unspecified atom stereocenters. The van der Waals surface area contributed by atoms with Crippen LogP contribution in [0.4, 0.5) is 10.6 Å². The molecule has 1 aliphatic heterocycles. The van der Waals surface area contributed by atoms with Crippen LogP contribution in [0.2, 0.25) is 0 Å². The smallest absolute Gasteiger partial charge is 0.323 e. The Kier molecular flexibility index (Phi) is 4.90. The zero-order chi connectivity index (χ0) is 16.9. The molecule has 7 nitrogen and oxygen atoms in total. The minimum Gasteiger partial charge on any atom is -0.493 e. The molecule has 2 heterocycles. The quantitative estimate of drug-likeness (QED) is 0.889. The lowest BCUT2D eigenvalue weighted by atomic mass is 9.97. The number of hydrogen-bond acceptors (Lipinski definition) is 5. The summed E-state index contributed by atoms with van der Waals surface area (Å²) in [4.78, 5) is 14.0. The second-order valence-electron chi connectivity index (χ2n) is 5.80. The monoisotopic (exact) mass is 328 g/mol. The third-order valence-corrected chi connectivity index (χ3v) is 4.16. The minimum absolute atomic E-state index is 0.0157. The number of ether oxygens (including phenoxy) is 1. The van der Waals surface area contributed by atoms with Crippen LogP contribution < -0.4 is 10.1 Å². The molecule has 2 N–H and O–H groups in total. The Hall–Kier alpha value is -2.67. The van der Waals surface area contributed by atoms with Crippen molar-refractivity contribution >= 4 is 11.8 Å². The topological polar surface area (TPSA) is 87.6 Å². The van der Waals surface area contributed by atoms with Crippen molar-refractivity contribution in [2.75, 3.05) is 25.5 Å². The van der Waals surface area contributed by atoms with E-state index >= 15 is 0 Å². The Labute approximate surface area is 140 Å². The molecule has 1 aromatic heterocycles. The number of likely N-dealkylation sites (tertiary alicyclic amines) is 1. The number of urea groups is 1. The molecule has 1 aromatic carbocycles. The third-order valence-electron chi connectivity index (χ3n) is 4.16. The molecule has 0 bridgehead atoms. The standard InChI is InChI=1S/C17H20N4O3/c1-24-15-7-8-18-20-16(15)19-17(23)21-10-13(14(22)11-21)9-12-5-3-2-4-6-12/h2-8,13-14,22H,9-11H2,1H3,(H,19,20,23)/t13-,14-/m1/s1. The van der Waals surface area contributed by atoms with Crippen molar-refractivity contribution in [2.45, 2.75) is 12.5 Å². The van der Waals surface area contributed by atoms with Crippen molar-refractivity contribution in [1.82, 2.24) is 15.1 Å². The normalized spacial score (nSPS) is 20.0. The molecule has 0 aliphatic carbocycles. The minimum atomic E-state index is -0.542. The number of nitrogens with one attached hydrogen (secondary N) is 1. The molecule has 1 fully saturated rings. The number of methoxy groups -OCH3 is 1. The first-order valence-corrected chi connectivity index (χ1v) is 7.81. The summed E-state index contributed by atoms with van der Waals surface area (Å²) < 4.78 is 5.14. The summed E-state index contributed by atoms with van der Waals surface area (Å²) in [5.74, 6) is 0.729. The van der Waals surface area contributed by atoms with Crippen LogP contribution >= 0.6 is 0 Å². The Bertz CT molecular complexity index is 695.